The minimum absolute atomic E-state index is 0.118. The second-order valence-electron chi connectivity index (χ2n) is 7.53. The number of oxazole rings is 1. The predicted molar refractivity (Wildman–Crippen MR) is 114 cm³/mol. The molecular formula is C23H26N2O6. The lowest BCUT2D eigenvalue weighted by atomic mass is 10.2. The highest BCUT2D eigenvalue weighted by Gasteiger charge is 2.21. The number of aromatic nitrogens is 1. The average Bonchev–Trinajstić information content (AvgIpc) is 3.42. The molecule has 2 heterocycles. The number of para-hydroxylation sites is 2. The molecule has 8 heteroatoms. The molecule has 2 unspecified atom stereocenters. The maximum absolute atomic E-state index is 12.7. The third kappa shape index (κ3) is 4.59. The Morgan fingerprint density at radius 1 is 1.26 bits per heavy atom. The Labute approximate surface area is 179 Å². The predicted octanol–water partition coefficient (Wildman–Crippen LogP) is 3.04. The van der Waals surface area contributed by atoms with Crippen molar-refractivity contribution < 1.29 is 23.4 Å². The van der Waals surface area contributed by atoms with Gasteiger partial charge in [0, 0.05) is 13.2 Å². The third-order valence-corrected chi connectivity index (χ3v) is 5.43. The summed E-state index contributed by atoms with van der Waals surface area (Å²) in [5.41, 5.74) is 1.89. The minimum Gasteiger partial charge on any atom is -0.493 e. The Kier molecular flexibility index (Phi) is 6.27. The van der Waals surface area contributed by atoms with Crippen LogP contribution in [-0.2, 0) is 16.1 Å². The van der Waals surface area contributed by atoms with Gasteiger partial charge in [-0.25, -0.2) is 4.79 Å². The van der Waals surface area contributed by atoms with Crippen LogP contribution in [0.4, 0.5) is 0 Å². The summed E-state index contributed by atoms with van der Waals surface area (Å²) in [6, 6.07) is 11.8. The smallest absolute Gasteiger partial charge is 0.420 e. The molecule has 1 aliphatic heterocycles. The van der Waals surface area contributed by atoms with E-state index in [-0.39, 0.29) is 18.6 Å². The number of fused-ring (bicyclic) bond motifs is 1. The second-order valence-corrected chi connectivity index (χ2v) is 7.53. The van der Waals surface area contributed by atoms with Gasteiger partial charge in [-0.3, -0.25) is 9.36 Å². The fourth-order valence-electron chi connectivity index (χ4n) is 3.70. The number of amides is 1. The highest BCUT2D eigenvalue weighted by Crippen LogP contribution is 2.29. The highest BCUT2D eigenvalue weighted by molar-refractivity contribution is 5.82. The Bertz CT molecular complexity index is 1110. The Morgan fingerprint density at radius 3 is 2.87 bits per heavy atom. The molecule has 0 saturated carbocycles. The van der Waals surface area contributed by atoms with Crippen LogP contribution in [0.15, 0.2) is 51.7 Å². The Hall–Kier alpha value is -3.26. The van der Waals surface area contributed by atoms with Crippen LogP contribution in [0.1, 0.15) is 31.4 Å². The van der Waals surface area contributed by atoms with Crippen molar-refractivity contribution in [2.24, 2.45) is 0 Å². The number of ether oxygens (including phenoxy) is 3. The summed E-state index contributed by atoms with van der Waals surface area (Å²) in [6.45, 7) is 3.22. The summed E-state index contributed by atoms with van der Waals surface area (Å²) in [7, 11) is 1.58. The average molecular weight is 426 g/mol. The lowest BCUT2D eigenvalue weighted by Crippen LogP contribution is -2.34. The van der Waals surface area contributed by atoms with Crippen molar-refractivity contribution >= 4 is 17.0 Å². The van der Waals surface area contributed by atoms with E-state index in [1.165, 1.54) is 4.57 Å². The van der Waals surface area contributed by atoms with Crippen molar-refractivity contribution in [1.82, 2.24) is 9.88 Å². The van der Waals surface area contributed by atoms with E-state index >= 15 is 0 Å². The molecular weight excluding hydrogens is 400 g/mol. The SMILES string of the molecule is COc1cc(CNC(=O)C(C)n2c(=O)oc3ccccc32)ccc1OCC1CCCO1. The molecule has 31 heavy (non-hydrogen) atoms. The quantitative estimate of drug-likeness (QED) is 0.595. The molecule has 2 aromatic carbocycles. The van der Waals surface area contributed by atoms with Crippen LogP contribution >= 0.6 is 0 Å². The van der Waals surface area contributed by atoms with Crippen molar-refractivity contribution in [3.05, 3.63) is 58.6 Å². The summed E-state index contributed by atoms with van der Waals surface area (Å²) >= 11 is 0. The van der Waals surface area contributed by atoms with Gasteiger partial charge in [0.05, 0.1) is 18.7 Å². The Morgan fingerprint density at radius 2 is 2.10 bits per heavy atom. The van der Waals surface area contributed by atoms with Crippen molar-refractivity contribution in [3.63, 3.8) is 0 Å². The van der Waals surface area contributed by atoms with Crippen molar-refractivity contribution in [2.75, 3.05) is 20.3 Å². The van der Waals surface area contributed by atoms with E-state index in [1.807, 2.05) is 18.2 Å². The number of carbonyl (C=O) groups excluding carboxylic acids is 1. The molecule has 3 aromatic rings. The van der Waals surface area contributed by atoms with E-state index in [2.05, 4.69) is 5.32 Å². The van der Waals surface area contributed by atoms with E-state index < -0.39 is 11.8 Å². The first-order valence-corrected chi connectivity index (χ1v) is 10.4. The molecule has 0 spiro atoms. The fourth-order valence-corrected chi connectivity index (χ4v) is 3.70. The van der Waals surface area contributed by atoms with Gasteiger partial charge in [0.15, 0.2) is 17.1 Å². The van der Waals surface area contributed by atoms with Crippen LogP contribution in [0, 0.1) is 0 Å². The van der Waals surface area contributed by atoms with Gasteiger partial charge in [0.25, 0.3) is 0 Å². The first-order chi connectivity index (χ1) is 15.1. The minimum atomic E-state index is -0.716. The number of benzene rings is 2. The van der Waals surface area contributed by atoms with Gasteiger partial charge in [0.2, 0.25) is 5.91 Å². The number of hydrogen-bond acceptors (Lipinski definition) is 6. The summed E-state index contributed by atoms with van der Waals surface area (Å²) in [6.07, 6.45) is 2.18. The number of rotatable bonds is 8. The molecule has 2 atom stereocenters. The number of nitrogens with zero attached hydrogens (tertiary/aromatic N) is 1. The number of methoxy groups -OCH3 is 1. The van der Waals surface area contributed by atoms with Crippen LogP contribution in [0.3, 0.4) is 0 Å². The normalized spacial score (nSPS) is 16.9. The van der Waals surface area contributed by atoms with Crippen LogP contribution in [0.5, 0.6) is 11.5 Å². The van der Waals surface area contributed by atoms with Gasteiger partial charge >= 0.3 is 5.76 Å². The van der Waals surface area contributed by atoms with E-state index in [9.17, 15) is 9.59 Å². The van der Waals surface area contributed by atoms with E-state index in [1.54, 1.807) is 38.3 Å². The number of nitrogens with one attached hydrogen (secondary N) is 1. The third-order valence-electron chi connectivity index (χ3n) is 5.43. The monoisotopic (exact) mass is 426 g/mol. The fraction of sp³-hybridized carbons (Fsp3) is 0.391. The van der Waals surface area contributed by atoms with Gasteiger partial charge in [-0.2, -0.15) is 0 Å². The van der Waals surface area contributed by atoms with Crippen LogP contribution in [0.25, 0.3) is 11.1 Å². The molecule has 4 rings (SSSR count). The van der Waals surface area contributed by atoms with Gasteiger partial charge in [-0.15, -0.1) is 0 Å². The summed E-state index contributed by atoms with van der Waals surface area (Å²) in [5, 5.41) is 2.87. The van der Waals surface area contributed by atoms with Crippen molar-refractivity contribution in [2.45, 2.75) is 38.5 Å². The first-order valence-electron chi connectivity index (χ1n) is 10.4. The topological polar surface area (TPSA) is 91.9 Å². The maximum Gasteiger partial charge on any atom is 0.420 e. The molecule has 0 radical (unpaired) electrons. The van der Waals surface area contributed by atoms with Crippen molar-refractivity contribution in [1.29, 1.82) is 0 Å². The van der Waals surface area contributed by atoms with Gasteiger partial charge in [0.1, 0.15) is 12.6 Å². The van der Waals surface area contributed by atoms with E-state index in [4.69, 9.17) is 18.6 Å². The molecule has 1 N–H and O–H groups in total. The second kappa shape index (κ2) is 9.26. The molecule has 0 bridgehead atoms. The maximum atomic E-state index is 12.7. The van der Waals surface area contributed by atoms with Gasteiger partial charge in [-0.05, 0) is 49.6 Å². The molecule has 164 valence electrons. The van der Waals surface area contributed by atoms with Crippen LogP contribution in [0.2, 0.25) is 0 Å². The van der Waals surface area contributed by atoms with E-state index in [0.29, 0.717) is 29.2 Å². The van der Waals surface area contributed by atoms with E-state index in [0.717, 1.165) is 25.0 Å². The van der Waals surface area contributed by atoms with Gasteiger partial charge in [-0.1, -0.05) is 18.2 Å². The number of hydrogen-bond donors (Lipinski definition) is 1. The lowest BCUT2D eigenvalue weighted by molar-refractivity contribution is -0.124. The molecule has 1 aliphatic rings. The zero-order chi connectivity index (χ0) is 21.8. The standard InChI is InChI=1S/C23H26N2O6/c1-15(25-18-7-3-4-8-19(18)31-23(25)27)22(26)24-13-16-9-10-20(21(12-16)28-2)30-14-17-6-5-11-29-17/h3-4,7-10,12,15,17H,5-6,11,13-14H2,1-2H3,(H,24,26). The lowest BCUT2D eigenvalue weighted by Gasteiger charge is -2.16. The summed E-state index contributed by atoms with van der Waals surface area (Å²) < 4.78 is 23.4. The zero-order valence-corrected chi connectivity index (χ0v) is 17.6. The molecule has 1 saturated heterocycles. The molecule has 1 aromatic heterocycles. The largest absolute Gasteiger partial charge is 0.493 e. The Balaban J connectivity index is 1.40. The summed E-state index contributed by atoms with van der Waals surface area (Å²) in [5.74, 6) is 0.386. The molecule has 0 aliphatic carbocycles. The highest BCUT2D eigenvalue weighted by atomic mass is 16.5. The summed E-state index contributed by atoms with van der Waals surface area (Å²) in [4.78, 5) is 24.9. The van der Waals surface area contributed by atoms with Crippen LogP contribution in [-0.4, -0.2) is 36.9 Å². The molecule has 1 amide bonds. The van der Waals surface area contributed by atoms with Gasteiger partial charge < -0.3 is 23.9 Å². The van der Waals surface area contributed by atoms with Crippen LogP contribution < -0.4 is 20.5 Å². The molecule has 1 fully saturated rings. The first kappa shape index (κ1) is 21.0. The number of carbonyl (C=O) groups is 1. The molecule has 8 nitrogen and oxygen atoms in total. The zero-order valence-electron chi connectivity index (χ0n) is 17.6. The van der Waals surface area contributed by atoms with Crippen molar-refractivity contribution in [3.8, 4) is 11.5 Å².